The maximum Gasteiger partial charge on any atom is 0.253 e. The summed E-state index contributed by atoms with van der Waals surface area (Å²) in [4.78, 5) is 21.6. The fraction of sp³-hybridized carbons (Fsp3) is 0.308. The number of carbonyl (C=O) groups excluding carboxylic acids is 1. The molecule has 1 aliphatic heterocycles. The lowest BCUT2D eigenvalue weighted by molar-refractivity contribution is 0.0783. The molecule has 1 aliphatic rings. The molecule has 0 saturated carbocycles. The number of nitrogens with zero attached hydrogens (tertiary/aromatic N) is 3. The van der Waals surface area contributed by atoms with E-state index in [4.69, 9.17) is 0 Å². The van der Waals surface area contributed by atoms with Crippen LogP contribution in [0.3, 0.4) is 0 Å². The fourth-order valence-corrected chi connectivity index (χ4v) is 4.20. The van der Waals surface area contributed by atoms with Gasteiger partial charge in [0, 0.05) is 56.6 Å². The van der Waals surface area contributed by atoms with Gasteiger partial charge in [-0.25, -0.2) is 4.39 Å². The summed E-state index contributed by atoms with van der Waals surface area (Å²) in [5, 5.41) is 0. The first-order valence-electron chi connectivity index (χ1n) is 10.9. The predicted octanol–water partition coefficient (Wildman–Crippen LogP) is 4.43. The van der Waals surface area contributed by atoms with Gasteiger partial charge in [-0.05, 0) is 54.3 Å². The van der Waals surface area contributed by atoms with Crippen molar-refractivity contribution in [1.82, 2.24) is 14.8 Å². The standard InChI is InChI=1S/C26H28FN3O/c27-24-11-9-21(10-12-24)18-29(16-14-25-8-4-5-15-28-25)19-22-13-17-30(20-22)26(31)23-6-2-1-3-7-23/h1-12,15,22H,13-14,16-20H2/t22-/m0/s1. The largest absolute Gasteiger partial charge is 0.338 e. The van der Waals surface area contributed by atoms with Crippen LogP contribution in [0.5, 0.6) is 0 Å². The number of aromatic nitrogens is 1. The molecule has 0 aliphatic carbocycles. The summed E-state index contributed by atoms with van der Waals surface area (Å²) in [6, 6.07) is 22.2. The van der Waals surface area contributed by atoms with E-state index in [0.29, 0.717) is 5.92 Å². The van der Waals surface area contributed by atoms with Crippen LogP contribution in [0.2, 0.25) is 0 Å². The van der Waals surface area contributed by atoms with Crippen LogP contribution in [0.15, 0.2) is 79.0 Å². The third kappa shape index (κ3) is 5.98. The van der Waals surface area contributed by atoms with Crippen LogP contribution in [0.1, 0.15) is 28.0 Å². The first-order chi connectivity index (χ1) is 15.2. The van der Waals surface area contributed by atoms with Gasteiger partial charge in [0.15, 0.2) is 0 Å². The van der Waals surface area contributed by atoms with Crippen molar-refractivity contribution in [3.05, 3.63) is 102 Å². The molecule has 0 radical (unpaired) electrons. The molecule has 0 spiro atoms. The summed E-state index contributed by atoms with van der Waals surface area (Å²) in [7, 11) is 0. The second kappa shape index (κ2) is 10.3. The van der Waals surface area contributed by atoms with Gasteiger partial charge >= 0.3 is 0 Å². The van der Waals surface area contributed by atoms with Crippen molar-refractivity contribution in [1.29, 1.82) is 0 Å². The molecule has 0 N–H and O–H groups in total. The van der Waals surface area contributed by atoms with Gasteiger partial charge in [-0.15, -0.1) is 0 Å². The molecule has 3 aromatic rings. The molecular weight excluding hydrogens is 389 g/mol. The van der Waals surface area contributed by atoms with Crippen molar-refractivity contribution in [2.45, 2.75) is 19.4 Å². The van der Waals surface area contributed by atoms with E-state index < -0.39 is 0 Å². The van der Waals surface area contributed by atoms with Gasteiger partial charge in [0.2, 0.25) is 0 Å². The molecule has 31 heavy (non-hydrogen) atoms. The first kappa shape index (κ1) is 21.2. The fourth-order valence-electron chi connectivity index (χ4n) is 4.20. The Labute approximate surface area is 183 Å². The number of hydrogen-bond donors (Lipinski definition) is 0. The Morgan fingerprint density at radius 2 is 1.81 bits per heavy atom. The van der Waals surface area contributed by atoms with Gasteiger partial charge in [-0.3, -0.25) is 14.7 Å². The maximum atomic E-state index is 13.3. The predicted molar refractivity (Wildman–Crippen MR) is 120 cm³/mol. The second-order valence-electron chi connectivity index (χ2n) is 8.20. The smallest absolute Gasteiger partial charge is 0.253 e. The molecule has 2 aromatic carbocycles. The lowest BCUT2D eigenvalue weighted by atomic mass is 10.1. The number of benzene rings is 2. The lowest BCUT2D eigenvalue weighted by Crippen LogP contribution is -2.34. The Balaban J connectivity index is 1.39. The number of pyridine rings is 1. The minimum atomic E-state index is -0.213. The van der Waals surface area contributed by atoms with Crippen LogP contribution >= 0.6 is 0 Å². The van der Waals surface area contributed by atoms with Crippen LogP contribution in [-0.4, -0.2) is 46.9 Å². The number of amides is 1. The van der Waals surface area contributed by atoms with E-state index in [1.165, 1.54) is 12.1 Å². The maximum absolute atomic E-state index is 13.3. The second-order valence-corrected chi connectivity index (χ2v) is 8.20. The zero-order valence-corrected chi connectivity index (χ0v) is 17.7. The molecule has 4 nitrogen and oxygen atoms in total. The summed E-state index contributed by atoms with van der Waals surface area (Å²) in [5.74, 6) is 0.327. The van der Waals surface area contributed by atoms with Gasteiger partial charge in [0.05, 0.1) is 0 Å². The third-order valence-electron chi connectivity index (χ3n) is 5.84. The van der Waals surface area contributed by atoms with Crippen LogP contribution in [0.25, 0.3) is 0 Å². The minimum Gasteiger partial charge on any atom is -0.338 e. The van der Waals surface area contributed by atoms with Gasteiger partial charge < -0.3 is 4.90 Å². The van der Waals surface area contributed by atoms with Crippen LogP contribution < -0.4 is 0 Å². The molecule has 1 fully saturated rings. The number of halogens is 1. The molecule has 1 atom stereocenters. The van der Waals surface area contributed by atoms with E-state index in [0.717, 1.165) is 62.4 Å². The Kier molecular flexibility index (Phi) is 7.05. The molecule has 1 aromatic heterocycles. The van der Waals surface area contributed by atoms with Gasteiger partial charge in [0.1, 0.15) is 5.82 Å². The van der Waals surface area contributed by atoms with Gasteiger partial charge in [-0.1, -0.05) is 36.4 Å². The van der Waals surface area contributed by atoms with Crippen molar-refractivity contribution >= 4 is 5.91 Å². The quantitative estimate of drug-likeness (QED) is 0.544. The number of carbonyl (C=O) groups is 1. The zero-order chi connectivity index (χ0) is 21.5. The molecule has 2 heterocycles. The molecule has 0 bridgehead atoms. The summed E-state index contributed by atoms with van der Waals surface area (Å²) in [6.07, 6.45) is 3.69. The van der Waals surface area contributed by atoms with Gasteiger partial charge in [0.25, 0.3) is 5.91 Å². The SMILES string of the molecule is O=C(c1ccccc1)N1CC[C@@H](CN(CCc2ccccn2)Cc2ccc(F)cc2)C1. The summed E-state index contributed by atoms with van der Waals surface area (Å²) < 4.78 is 13.3. The van der Waals surface area contributed by atoms with E-state index in [1.807, 2.05) is 71.8 Å². The molecule has 0 unspecified atom stereocenters. The summed E-state index contributed by atoms with van der Waals surface area (Å²) in [6.45, 7) is 4.11. The molecule has 160 valence electrons. The highest BCUT2D eigenvalue weighted by Crippen LogP contribution is 2.21. The Bertz CT molecular complexity index is 963. The Morgan fingerprint density at radius 1 is 1.03 bits per heavy atom. The van der Waals surface area contributed by atoms with Crippen molar-refractivity contribution in [3.8, 4) is 0 Å². The monoisotopic (exact) mass is 417 g/mol. The van der Waals surface area contributed by atoms with Crippen LogP contribution in [0.4, 0.5) is 4.39 Å². The van der Waals surface area contributed by atoms with Crippen molar-refractivity contribution in [3.63, 3.8) is 0 Å². The highest BCUT2D eigenvalue weighted by Gasteiger charge is 2.28. The van der Waals surface area contributed by atoms with E-state index in [1.54, 1.807) is 0 Å². The van der Waals surface area contributed by atoms with Crippen LogP contribution in [-0.2, 0) is 13.0 Å². The highest BCUT2D eigenvalue weighted by atomic mass is 19.1. The van der Waals surface area contributed by atoms with Gasteiger partial charge in [-0.2, -0.15) is 0 Å². The highest BCUT2D eigenvalue weighted by molar-refractivity contribution is 5.94. The lowest BCUT2D eigenvalue weighted by Gasteiger charge is -2.26. The van der Waals surface area contributed by atoms with Crippen molar-refractivity contribution in [2.24, 2.45) is 5.92 Å². The normalized spacial score (nSPS) is 16.1. The van der Waals surface area contributed by atoms with E-state index in [9.17, 15) is 9.18 Å². The molecule has 1 saturated heterocycles. The number of rotatable bonds is 8. The van der Waals surface area contributed by atoms with Crippen LogP contribution in [0, 0.1) is 11.7 Å². The average Bonchev–Trinajstić information content (AvgIpc) is 3.28. The third-order valence-corrected chi connectivity index (χ3v) is 5.84. The average molecular weight is 418 g/mol. The Hall–Kier alpha value is -3.05. The molecule has 1 amide bonds. The van der Waals surface area contributed by atoms with Crippen molar-refractivity contribution < 1.29 is 9.18 Å². The molecular formula is C26H28FN3O. The minimum absolute atomic E-state index is 0.113. The van der Waals surface area contributed by atoms with Crippen molar-refractivity contribution in [2.75, 3.05) is 26.2 Å². The molecule has 5 heteroatoms. The summed E-state index contributed by atoms with van der Waals surface area (Å²) in [5.41, 5.74) is 2.91. The Morgan fingerprint density at radius 3 is 2.55 bits per heavy atom. The number of hydrogen-bond acceptors (Lipinski definition) is 3. The first-order valence-corrected chi connectivity index (χ1v) is 10.9. The van der Waals surface area contributed by atoms with E-state index >= 15 is 0 Å². The topological polar surface area (TPSA) is 36.4 Å². The van der Waals surface area contributed by atoms with E-state index in [-0.39, 0.29) is 11.7 Å². The zero-order valence-electron chi connectivity index (χ0n) is 17.7. The number of likely N-dealkylation sites (tertiary alicyclic amines) is 1. The van der Waals surface area contributed by atoms with E-state index in [2.05, 4.69) is 9.88 Å². The summed E-state index contributed by atoms with van der Waals surface area (Å²) >= 11 is 0. The molecule has 4 rings (SSSR count).